The summed E-state index contributed by atoms with van der Waals surface area (Å²) in [5, 5.41) is 2.84. The summed E-state index contributed by atoms with van der Waals surface area (Å²) in [5.41, 5.74) is 0.882. The number of nitrogens with one attached hydrogen (secondary N) is 1. The van der Waals surface area contributed by atoms with E-state index in [1.54, 1.807) is 19.0 Å². The van der Waals surface area contributed by atoms with Gasteiger partial charge in [0.1, 0.15) is 0 Å². The minimum absolute atomic E-state index is 0.304. The molecule has 0 fully saturated rings. The molecule has 66 valence electrons. The number of rotatable bonds is 4. The lowest BCUT2D eigenvalue weighted by Crippen LogP contribution is -2.26. The first kappa shape index (κ1) is 6.49. The minimum Gasteiger partial charge on any atom is -0.373 e. The lowest BCUT2D eigenvalue weighted by Gasteiger charge is -2.18. The second-order valence-corrected chi connectivity index (χ2v) is 2.58. The summed E-state index contributed by atoms with van der Waals surface area (Å²) >= 11 is 0. The molecule has 0 bridgehead atoms. The molecule has 0 aliphatic heterocycles. The van der Waals surface area contributed by atoms with Crippen molar-refractivity contribution in [3.05, 3.63) is 30.3 Å². The van der Waals surface area contributed by atoms with Crippen molar-refractivity contribution in [2.75, 3.05) is 32.0 Å². The molecule has 0 heterocycles. The standard InChI is InChI=1S/C10H16N2/c1-11-8-9-12(2)10-6-4-3-5-7-10/h3-7,11H,8-9H2,1-2H3/i9D2. The molecule has 0 spiro atoms. The highest BCUT2D eigenvalue weighted by molar-refractivity contribution is 5.44. The molecule has 12 heavy (non-hydrogen) atoms. The van der Waals surface area contributed by atoms with E-state index in [-0.39, 0.29) is 0 Å². The van der Waals surface area contributed by atoms with Gasteiger partial charge in [0.2, 0.25) is 0 Å². The van der Waals surface area contributed by atoms with Crippen LogP contribution in [0.1, 0.15) is 2.74 Å². The first-order chi connectivity index (χ1) is 6.58. The van der Waals surface area contributed by atoms with Gasteiger partial charge in [-0.05, 0) is 19.2 Å². The van der Waals surface area contributed by atoms with Crippen molar-refractivity contribution in [3.63, 3.8) is 0 Å². The molecule has 1 rings (SSSR count). The maximum absolute atomic E-state index is 7.80. The molecule has 0 aliphatic carbocycles. The second kappa shape index (κ2) is 4.78. The molecule has 0 unspecified atom stereocenters. The summed E-state index contributed by atoms with van der Waals surface area (Å²) in [5.74, 6) is 0. The molecule has 0 amide bonds. The first-order valence-electron chi connectivity index (χ1n) is 5.01. The first-order valence-corrected chi connectivity index (χ1v) is 4.01. The number of anilines is 1. The van der Waals surface area contributed by atoms with Gasteiger partial charge in [0, 0.05) is 25.8 Å². The number of nitrogens with zero attached hydrogens (tertiary/aromatic N) is 1. The molecule has 0 saturated carbocycles. The molecular formula is C10H16N2. The second-order valence-electron chi connectivity index (χ2n) is 2.58. The fraction of sp³-hybridized carbons (Fsp3) is 0.400. The lowest BCUT2D eigenvalue weighted by molar-refractivity contribution is 0.768. The van der Waals surface area contributed by atoms with Crippen LogP contribution in [0.5, 0.6) is 0 Å². The van der Waals surface area contributed by atoms with Gasteiger partial charge < -0.3 is 10.2 Å². The third kappa shape index (κ3) is 2.55. The topological polar surface area (TPSA) is 15.3 Å². The van der Waals surface area contributed by atoms with Gasteiger partial charge >= 0.3 is 0 Å². The van der Waals surface area contributed by atoms with Crippen LogP contribution in [0.3, 0.4) is 0 Å². The van der Waals surface area contributed by atoms with Crippen LogP contribution in [0.4, 0.5) is 5.69 Å². The molecular weight excluding hydrogens is 148 g/mol. The lowest BCUT2D eigenvalue weighted by atomic mass is 10.3. The van der Waals surface area contributed by atoms with E-state index in [1.165, 1.54) is 0 Å². The Kier molecular flexibility index (Phi) is 2.58. The Hall–Kier alpha value is -1.02. The van der Waals surface area contributed by atoms with Gasteiger partial charge in [0.05, 0.1) is 2.74 Å². The van der Waals surface area contributed by atoms with Crippen molar-refractivity contribution in [1.29, 1.82) is 0 Å². The molecule has 0 aromatic heterocycles. The van der Waals surface area contributed by atoms with Crippen LogP contribution in [0.25, 0.3) is 0 Å². The van der Waals surface area contributed by atoms with Crippen molar-refractivity contribution in [2.24, 2.45) is 0 Å². The van der Waals surface area contributed by atoms with Gasteiger partial charge in [-0.3, -0.25) is 0 Å². The molecule has 0 saturated heterocycles. The predicted octanol–water partition coefficient (Wildman–Crippen LogP) is 1.34. The van der Waals surface area contributed by atoms with Gasteiger partial charge in [0.15, 0.2) is 0 Å². The maximum Gasteiger partial charge on any atom is 0.0506 e. The Morgan fingerprint density at radius 2 is 2.08 bits per heavy atom. The van der Waals surface area contributed by atoms with Crippen LogP contribution in [0, 0.1) is 0 Å². The average Bonchev–Trinajstić information content (AvgIpc) is 2.18. The predicted molar refractivity (Wildman–Crippen MR) is 53.6 cm³/mol. The monoisotopic (exact) mass is 166 g/mol. The summed E-state index contributed by atoms with van der Waals surface area (Å²) in [6, 6.07) is 9.52. The summed E-state index contributed by atoms with van der Waals surface area (Å²) in [6.45, 7) is -1.06. The van der Waals surface area contributed by atoms with Gasteiger partial charge in [0.25, 0.3) is 0 Å². The average molecular weight is 166 g/mol. The van der Waals surface area contributed by atoms with E-state index in [9.17, 15) is 0 Å². The number of para-hydroxylation sites is 1. The van der Waals surface area contributed by atoms with Crippen LogP contribution in [0.2, 0.25) is 0 Å². The van der Waals surface area contributed by atoms with Crippen molar-refractivity contribution in [1.82, 2.24) is 5.32 Å². The largest absolute Gasteiger partial charge is 0.373 e. The molecule has 0 atom stereocenters. The highest BCUT2D eigenvalue weighted by atomic mass is 15.1. The summed E-state index contributed by atoms with van der Waals surface area (Å²) < 4.78 is 15.6. The molecule has 1 aromatic rings. The fourth-order valence-electron chi connectivity index (χ4n) is 0.941. The highest BCUT2D eigenvalue weighted by Crippen LogP contribution is 2.09. The zero-order valence-electron chi connectivity index (χ0n) is 9.54. The normalized spacial score (nSPS) is 13.5. The summed E-state index contributed by atoms with van der Waals surface area (Å²) in [4.78, 5) is 1.63. The zero-order valence-corrected chi connectivity index (χ0v) is 7.54. The molecule has 2 heteroatoms. The van der Waals surface area contributed by atoms with E-state index in [0.29, 0.717) is 6.54 Å². The molecule has 0 radical (unpaired) electrons. The van der Waals surface area contributed by atoms with Gasteiger partial charge in [-0.2, -0.15) is 0 Å². The Labute approximate surface area is 77.0 Å². The number of hydrogen-bond acceptors (Lipinski definition) is 2. The Morgan fingerprint density at radius 1 is 1.42 bits per heavy atom. The van der Waals surface area contributed by atoms with E-state index in [4.69, 9.17) is 2.74 Å². The van der Waals surface area contributed by atoms with E-state index in [2.05, 4.69) is 5.32 Å². The quantitative estimate of drug-likeness (QED) is 0.726. The fourth-order valence-corrected chi connectivity index (χ4v) is 0.941. The minimum atomic E-state index is -1.36. The van der Waals surface area contributed by atoms with E-state index >= 15 is 0 Å². The number of likely N-dealkylation sites (N-methyl/N-ethyl adjacent to an activating group) is 2. The molecule has 1 N–H and O–H groups in total. The van der Waals surface area contributed by atoms with Crippen molar-refractivity contribution >= 4 is 5.69 Å². The third-order valence-electron chi connectivity index (χ3n) is 1.64. The Balaban J connectivity index is 2.79. The van der Waals surface area contributed by atoms with Crippen LogP contribution in [0.15, 0.2) is 30.3 Å². The van der Waals surface area contributed by atoms with E-state index < -0.39 is 6.50 Å². The highest BCUT2D eigenvalue weighted by Gasteiger charge is 1.96. The van der Waals surface area contributed by atoms with Crippen LogP contribution in [-0.2, 0) is 0 Å². The third-order valence-corrected chi connectivity index (χ3v) is 1.64. The van der Waals surface area contributed by atoms with Crippen LogP contribution < -0.4 is 10.2 Å². The summed E-state index contributed by atoms with van der Waals surface area (Å²) in [7, 11) is 3.50. The van der Waals surface area contributed by atoms with Crippen LogP contribution in [-0.4, -0.2) is 27.1 Å². The smallest absolute Gasteiger partial charge is 0.0506 e. The zero-order chi connectivity index (χ0) is 10.6. The number of benzene rings is 1. The summed E-state index contributed by atoms with van der Waals surface area (Å²) in [6.07, 6.45) is 0. The van der Waals surface area contributed by atoms with Crippen molar-refractivity contribution < 1.29 is 2.74 Å². The van der Waals surface area contributed by atoms with Crippen LogP contribution >= 0.6 is 0 Å². The van der Waals surface area contributed by atoms with Gasteiger partial charge in [-0.1, -0.05) is 18.2 Å². The Morgan fingerprint density at radius 3 is 2.67 bits per heavy atom. The van der Waals surface area contributed by atoms with Gasteiger partial charge in [-0.25, -0.2) is 0 Å². The maximum atomic E-state index is 7.80. The van der Waals surface area contributed by atoms with Crippen molar-refractivity contribution in [2.45, 2.75) is 0 Å². The number of hydrogen-bond donors (Lipinski definition) is 1. The molecule has 0 aliphatic rings. The Bertz CT molecular complexity index is 275. The van der Waals surface area contributed by atoms with Gasteiger partial charge in [-0.15, -0.1) is 0 Å². The molecule has 1 aromatic carbocycles. The SMILES string of the molecule is [2H]C([2H])(CNC)N(C)c1ccccc1. The van der Waals surface area contributed by atoms with E-state index in [0.717, 1.165) is 5.69 Å². The van der Waals surface area contributed by atoms with E-state index in [1.807, 2.05) is 30.3 Å². The van der Waals surface area contributed by atoms with Crippen molar-refractivity contribution in [3.8, 4) is 0 Å². The molecule has 2 nitrogen and oxygen atoms in total.